The standard InChI is InChI=1S/C12H14BrFN2O3S/c1-12(2)5-9(12)16-11(17)7-3-6(13)4-8(10(7)14)20(15,18)19/h3-4,9H,5H2,1-2H3,(H,16,17)(H2,15,18,19). The molecule has 0 spiro atoms. The van der Waals surface area contributed by atoms with E-state index in [0.717, 1.165) is 12.5 Å². The molecule has 1 aliphatic carbocycles. The molecule has 1 amide bonds. The molecule has 0 bridgehead atoms. The van der Waals surface area contributed by atoms with E-state index in [4.69, 9.17) is 5.14 Å². The summed E-state index contributed by atoms with van der Waals surface area (Å²) >= 11 is 3.05. The predicted octanol–water partition coefficient (Wildman–Crippen LogP) is 1.76. The molecule has 5 nitrogen and oxygen atoms in total. The predicted molar refractivity (Wildman–Crippen MR) is 75.1 cm³/mol. The van der Waals surface area contributed by atoms with Gasteiger partial charge in [0.15, 0.2) is 5.82 Å². The van der Waals surface area contributed by atoms with Crippen LogP contribution in [0, 0.1) is 11.2 Å². The number of rotatable bonds is 3. The highest BCUT2D eigenvalue weighted by Gasteiger charge is 2.46. The quantitative estimate of drug-likeness (QED) is 0.856. The van der Waals surface area contributed by atoms with Crippen molar-refractivity contribution in [1.29, 1.82) is 0 Å². The van der Waals surface area contributed by atoms with E-state index >= 15 is 0 Å². The number of carbonyl (C=O) groups is 1. The van der Waals surface area contributed by atoms with Gasteiger partial charge in [0.1, 0.15) is 4.90 Å². The summed E-state index contributed by atoms with van der Waals surface area (Å²) in [5.74, 6) is -1.78. The minimum Gasteiger partial charge on any atom is -0.349 e. The van der Waals surface area contributed by atoms with E-state index in [1.165, 1.54) is 6.07 Å². The van der Waals surface area contributed by atoms with Gasteiger partial charge in [-0.3, -0.25) is 4.79 Å². The molecule has 110 valence electrons. The van der Waals surface area contributed by atoms with Crippen molar-refractivity contribution in [2.45, 2.75) is 31.2 Å². The van der Waals surface area contributed by atoms with E-state index in [2.05, 4.69) is 21.2 Å². The van der Waals surface area contributed by atoms with Gasteiger partial charge in [-0.25, -0.2) is 17.9 Å². The number of carbonyl (C=O) groups excluding carboxylic acids is 1. The van der Waals surface area contributed by atoms with Crippen LogP contribution in [0.15, 0.2) is 21.5 Å². The molecule has 0 aliphatic heterocycles. The Morgan fingerprint density at radius 3 is 2.50 bits per heavy atom. The Morgan fingerprint density at radius 2 is 2.05 bits per heavy atom. The lowest BCUT2D eigenvalue weighted by molar-refractivity contribution is 0.0941. The van der Waals surface area contributed by atoms with Crippen LogP contribution in [0.4, 0.5) is 4.39 Å². The Kier molecular flexibility index (Phi) is 3.68. The third-order valence-corrected chi connectivity index (χ3v) is 4.74. The monoisotopic (exact) mass is 364 g/mol. The Hall–Kier alpha value is -0.990. The number of benzene rings is 1. The van der Waals surface area contributed by atoms with Gasteiger partial charge in [-0.05, 0) is 24.0 Å². The molecule has 20 heavy (non-hydrogen) atoms. The van der Waals surface area contributed by atoms with Crippen LogP contribution >= 0.6 is 15.9 Å². The van der Waals surface area contributed by atoms with E-state index < -0.39 is 26.6 Å². The second-order valence-corrected chi connectivity index (χ2v) is 7.97. The Balaban J connectivity index is 2.37. The number of amides is 1. The number of halogens is 2. The minimum atomic E-state index is -4.23. The first kappa shape index (κ1) is 15.4. The molecule has 1 unspecified atom stereocenters. The SMILES string of the molecule is CC1(C)CC1NC(=O)c1cc(Br)cc(S(N)(=O)=O)c1F. The van der Waals surface area contributed by atoms with Gasteiger partial charge in [0.2, 0.25) is 10.0 Å². The third-order valence-electron chi connectivity index (χ3n) is 3.37. The fourth-order valence-electron chi connectivity index (χ4n) is 1.89. The summed E-state index contributed by atoms with van der Waals surface area (Å²) in [5.41, 5.74) is -0.355. The Morgan fingerprint density at radius 1 is 1.50 bits per heavy atom. The maximum absolute atomic E-state index is 14.1. The van der Waals surface area contributed by atoms with Crippen LogP contribution in [0.3, 0.4) is 0 Å². The Labute approximate surface area is 124 Å². The average Bonchev–Trinajstić information content (AvgIpc) is 2.87. The molecule has 0 radical (unpaired) electrons. The van der Waals surface area contributed by atoms with Crippen LogP contribution < -0.4 is 10.5 Å². The second kappa shape index (κ2) is 4.78. The molecule has 1 aromatic carbocycles. The average molecular weight is 365 g/mol. The van der Waals surface area contributed by atoms with Gasteiger partial charge in [0.05, 0.1) is 5.56 Å². The summed E-state index contributed by atoms with van der Waals surface area (Å²) in [5, 5.41) is 7.60. The van der Waals surface area contributed by atoms with E-state index in [0.29, 0.717) is 0 Å². The highest BCUT2D eigenvalue weighted by Crippen LogP contribution is 2.44. The van der Waals surface area contributed by atoms with E-state index in [1.807, 2.05) is 13.8 Å². The normalized spacial score (nSPS) is 20.6. The second-order valence-electron chi connectivity index (χ2n) is 5.53. The first-order valence-corrected chi connectivity index (χ1v) is 8.19. The maximum Gasteiger partial charge on any atom is 0.254 e. The smallest absolute Gasteiger partial charge is 0.254 e. The fraction of sp³-hybridized carbons (Fsp3) is 0.417. The molecule has 1 aromatic rings. The molecule has 3 N–H and O–H groups in total. The molecule has 0 saturated heterocycles. The summed E-state index contributed by atoms with van der Waals surface area (Å²) in [6, 6.07) is 2.23. The van der Waals surface area contributed by atoms with Crippen molar-refractivity contribution in [1.82, 2.24) is 5.32 Å². The summed E-state index contributed by atoms with van der Waals surface area (Å²) in [6.45, 7) is 3.95. The van der Waals surface area contributed by atoms with Crippen LogP contribution in [-0.2, 0) is 10.0 Å². The van der Waals surface area contributed by atoms with Gasteiger partial charge in [0.25, 0.3) is 5.91 Å². The van der Waals surface area contributed by atoms with Crippen molar-refractivity contribution in [2.75, 3.05) is 0 Å². The summed E-state index contributed by atoms with van der Waals surface area (Å²) < 4.78 is 37.0. The zero-order valence-corrected chi connectivity index (χ0v) is 13.3. The fourth-order valence-corrected chi connectivity index (χ4v) is 3.15. The summed E-state index contributed by atoms with van der Waals surface area (Å²) in [7, 11) is -4.23. The lowest BCUT2D eigenvalue weighted by atomic mass is 10.1. The molecule has 0 heterocycles. The van der Waals surface area contributed by atoms with Crippen molar-refractivity contribution in [3.63, 3.8) is 0 Å². The maximum atomic E-state index is 14.1. The molecule has 8 heteroatoms. The lowest BCUT2D eigenvalue weighted by Gasteiger charge is -2.10. The number of hydrogen-bond donors (Lipinski definition) is 2. The zero-order valence-electron chi connectivity index (χ0n) is 10.9. The molecular formula is C12H14BrFN2O3S. The van der Waals surface area contributed by atoms with Gasteiger partial charge < -0.3 is 5.32 Å². The largest absolute Gasteiger partial charge is 0.349 e. The molecule has 1 atom stereocenters. The van der Waals surface area contributed by atoms with E-state index in [9.17, 15) is 17.6 Å². The molecule has 1 saturated carbocycles. The number of nitrogens with one attached hydrogen (secondary N) is 1. The van der Waals surface area contributed by atoms with Gasteiger partial charge in [-0.1, -0.05) is 29.8 Å². The zero-order chi connectivity index (χ0) is 15.3. The van der Waals surface area contributed by atoms with E-state index in [-0.39, 0.29) is 21.5 Å². The van der Waals surface area contributed by atoms with Crippen LogP contribution in [0.5, 0.6) is 0 Å². The third kappa shape index (κ3) is 3.02. The van der Waals surface area contributed by atoms with Crippen molar-refractivity contribution in [3.8, 4) is 0 Å². The van der Waals surface area contributed by atoms with Gasteiger partial charge in [0, 0.05) is 10.5 Å². The van der Waals surface area contributed by atoms with Crippen molar-refractivity contribution >= 4 is 31.9 Å². The minimum absolute atomic E-state index is 0.0130. The highest BCUT2D eigenvalue weighted by atomic mass is 79.9. The first-order chi connectivity index (χ1) is 9.02. The van der Waals surface area contributed by atoms with Gasteiger partial charge in [-0.2, -0.15) is 0 Å². The molecule has 1 aliphatic rings. The van der Waals surface area contributed by atoms with Crippen molar-refractivity contribution < 1.29 is 17.6 Å². The summed E-state index contributed by atoms with van der Waals surface area (Å²) in [4.78, 5) is 11.3. The number of hydrogen-bond acceptors (Lipinski definition) is 3. The van der Waals surface area contributed by atoms with Gasteiger partial charge >= 0.3 is 0 Å². The van der Waals surface area contributed by atoms with Gasteiger partial charge in [-0.15, -0.1) is 0 Å². The number of primary sulfonamides is 1. The molecule has 0 aromatic heterocycles. The van der Waals surface area contributed by atoms with Crippen LogP contribution in [0.2, 0.25) is 0 Å². The lowest BCUT2D eigenvalue weighted by Crippen LogP contribution is -2.29. The molecule has 2 rings (SSSR count). The molecular weight excluding hydrogens is 351 g/mol. The van der Waals surface area contributed by atoms with Crippen LogP contribution in [0.1, 0.15) is 30.6 Å². The number of sulfonamides is 1. The van der Waals surface area contributed by atoms with Crippen molar-refractivity contribution in [3.05, 3.63) is 28.0 Å². The number of nitrogens with two attached hydrogens (primary N) is 1. The first-order valence-electron chi connectivity index (χ1n) is 5.85. The van der Waals surface area contributed by atoms with Crippen molar-refractivity contribution in [2.24, 2.45) is 10.6 Å². The molecule has 1 fully saturated rings. The van der Waals surface area contributed by atoms with E-state index in [1.54, 1.807) is 0 Å². The van der Waals surface area contributed by atoms with Crippen LogP contribution in [-0.4, -0.2) is 20.4 Å². The summed E-state index contributed by atoms with van der Waals surface area (Å²) in [6.07, 6.45) is 0.802. The van der Waals surface area contributed by atoms with Crippen LogP contribution in [0.25, 0.3) is 0 Å². The topological polar surface area (TPSA) is 89.3 Å². The highest BCUT2D eigenvalue weighted by molar-refractivity contribution is 9.10. The Bertz CT molecular complexity index is 688.